The third-order valence-corrected chi connectivity index (χ3v) is 3.17. The highest BCUT2D eigenvalue weighted by molar-refractivity contribution is 6.30. The summed E-state index contributed by atoms with van der Waals surface area (Å²) in [5.74, 6) is -0.113. The molecule has 0 fully saturated rings. The van der Waals surface area contributed by atoms with Gasteiger partial charge in [-0.2, -0.15) is 0 Å². The fourth-order valence-corrected chi connectivity index (χ4v) is 2.26. The molecule has 1 heterocycles. The summed E-state index contributed by atoms with van der Waals surface area (Å²) in [6.45, 7) is 2.39. The van der Waals surface area contributed by atoms with E-state index in [-0.39, 0.29) is 18.5 Å². The number of benzene rings is 1. The van der Waals surface area contributed by atoms with Gasteiger partial charge in [-0.25, -0.2) is 4.68 Å². The fraction of sp³-hybridized carbons (Fsp3) is 0.357. The molecule has 0 saturated carbocycles. The largest absolute Gasteiger partial charge is 0.352 e. The van der Waals surface area contributed by atoms with Crippen LogP contribution in [0.1, 0.15) is 18.2 Å². The van der Waals surface area contributed by atoms with E-state index in [0.29, 0.717) is 17.3 Å². The van der Waals surface area contributed by atoms with Crippen LogP contribution in [-0.4, -0.2) is 26.9 Å². The summed E-state index contributed by atoms with van der Waals surface area (Å²) >= 11 is 5.94. The Morgan fingerprint density at radius 1 is 1.52 bits per heavy atom. The van der Waals surface area contributed by atoms with Crippen LogP contribution in [0.25, 0.3) is 0 Å². The molecule has 112 valence electrons. The van der Waals surface area contributed by atoms with Crippen LogP contribution < -0.4 is 11.1 Å². The van der Waals surface area contributed by atoms with Gasteiger partial charge in [-0.15, -0.1) is 5.10 Å². The Labute approximate surface area is 128 Å². The van der Waals surface area contributed by atoms with Gasteiger partial charge in [-0.3, -0.25) is 4.79 Å². The van der Waals surface area contributed by atoms with Crippen molar-refractivity contribution >= 4 is 17.5 Å². The van der Waals surface area contributed by atoms with Crippen molar-refractivity contribution in [2.45, 2.75) is 32.5 Å². The molecule has 0 spiro atoms. The van der Waals surface area contributed by atoms with Crippen molar-refractivity contribution in [3.63, 3.8) is 0 Å². The monoisotopic (exact) mass is 307 g/mol. The minimum Gasteiger partial charge on any atom is -0.352 e. The van der Waals surface area contributed by atoms with E-state index in [9.17, 15) is 4.79 Å². The average molecular weight is 308 g/mol. The van der Waals surface area contributed by atoms with Gasteiger partial charge in [0.25, 0.3) is 0 Å². The van der Waals surface area contributed by atoms with Gasteiger partial charge in [0.15, 0.2) is 0 Å². The standard InChI is InChI=1S/C14H18ClN5O/c1-10(5-11-3-2-4-12(15)6-11)17-14(21)9-20-8-13(7-16)18-19-20/h2-4,6,8,10H,5,7,9,16H2,1H3,(H,17,21). The van der Waals surface area contributed by atoms with E-state index in [1.807, 2.05) is 31.2 Å². The summed E-state index contributed by atoms with van der Waals surface area (Å²) < 4.78 is 1.48. The zero-order valence-corrected chi connectivity index (χ0v) is 12.5. The number of nitrogens with zero attached hydrogens (tertiary/aromatic N) is 3. The number of carbonyl (C=O) groups excluding carboxylic acids is 1. The molecule has 0 aliphatic heterocycles. The van der Waals surface area contributed by atoms with E-state index in [4.69, 9.17) is 17.3 Å². The Balaban J connectivity index is 1.84. The summed E-state index contributed by atoms with van der Waals surface area (Å²) in [6, 6.07) is 7.62. The van der Waals surface area contributed by atoms with Crippen LogP contribution in [0.15, 0.2) is 30.5 Å². The number of nitrogens with two attached hydrogens (primary N) is 1. The highest BCUT2D eigenvalue weighted by Crippen LogP contribution is 2.12. The van der Waals surface area contributed by atoms with Crippen LogP contribution in [-0.2, 0) is 24.3 Å². The van der Waals surface area contributed by atoms with Gasteiger partial charge in [0.05, 0.1) is 11.9 Å². The Morgan fingerprint density at radius 2 is 2.33 bits per heavy atom. The molecule has 0 aliphatic rings. The van der Waals surface area contributed by atoms with E-state index in [2.05, 4.69) is 15.6 Å². The van der Waals surface area contributed by atoms with Gasteiger partial charge in [0, 0.05) is 17.6 Å². The summed E-state index contributed by atoms with van der Waals surface area (Å²) in [5, 5.41) is 11.3. The normalized spacial score (nSPS) is 12.1. The molecular formula is C14H18ClN5O. The molecular weight excluding hydrogens is 290 g/mol. The van der Waals surface area contributed by atoms with Crippen LogP contribution >= 0.6 is 11.6 Å². The molecule has 7 heteroatoms. The molecule has 1 unspecified atom stereocenters. The first-order valence-corrected chi connectivity index (χ1v) is 7.07. The lowest BCUT2D eigenvalue weighted by atomic mass is 10.1. The number of hydrogen-bond donors (Lipinski definition) is 2. The van der Waals surface area contributed by atoms with E-state index < -0.39 is 0 Å². The van der Waals surface area contributed by atoms with Crippen molar-refractivity contribution in [2.75, 3.05) is 0 Å². The molecule has 6 nitrogen and oxygen atoms in total. The SMILES string of the molecule is CC(Cc1cccc(Cl)c1)NC(=O)Cn1cc(CN)nn1. The van der Waals surface area contributed by atoms with Crippen LogP contribution in [0.2, 0.25) is 5.02 Å². The third kappa shape index (κ3) is 4.84. The summed E-state index contributed by atoms with van der Waals surface area (Å²) in [5.41, 5.74) is 7.19. The Hall–Kier alpha value is -1.92. The Bertz CT molecular complexity index is 613. The Kier molecular flexibility index (Phi) is 5.30. The maximum atomic E-state index is 11.9. The average Bonchev–Trinajstić information content (AvgIpc) is 2.85. The number of amides is 1. The minimum absolute atomic E-state index is 0.00784. The molecule has 1 aromatic heterocycles. The lowest BCUT2D eigenvalue weighted by Gasteiger charge is -2.14. The van der Waals surface area contributed by atoms with Crippen molar-refractivity contribution < 1.29 is 4.79 Å². The van der Waals surface area contributed by atoms with Crippen molar-refractivity contribution in [3.8, 4) is 0 Å². The molecule has 2 rings (SSSR count). The van der Waals surface area contributed by atoms with Crippen molar-refractivity contribution in [2.24, 2.45) is 5.73 Å². The lowest BCUT2D eigenvalue weighted by molar-refractivity contribution is -0.122. The first kappa shape index (κ1) is 15.5. The number of nitrogens with one attached hydrogen (secondary N) is 1. The van der Waals surface area contributed by atoms with E-state index in [1.165, 1.54) is 4.68 Å². The zero-order valence-electron chi connectivity index (χ0n) is 11.8. The molecule has 0 bridgehead atoms. The number of aromatic nitrogens is 3. The van der Waals surface area contributed by atoms with Crippen molar-refractivity contribution in [1.82, 2.24) is 20.3 Å². The number of rotatable bonds is 6. The van der Waals surface area contributed by atoms with Crippen LogP contribution in [0, 0.1) is 0 Å². The third-order valence-electron chi connectivity index (χ3n) is 2.94. The summed E-state index contributed by atoms with van der Waals surface area (Å²) in [4.78, 5) is 11.9. The molecule has 2 aromatic rings. The highest BCUT2D eigenvalue weighted by atomic mass is 35.5. The lowest BCUT2D eigenvalue weighted by Crippen LogP contribution is -2.36. The highest BCUT2D eigenvalue weighted by Gasteiger charge is 2.10. The summed E-state index contributed by atoms with van der Waals surface area (Å²) in [6.07, 6.45) is 2.39. The summed E-state index contributed by atoms with van der Waals surface area (Å²) in [7, 11) is 0. The van der Waals surface area contributed by atoms with Crippen molar-refractivity contribution in [1.29, 1.82) is 0 Å². The second-order valence-electron chi connectivity index (χ2n) is 4.91. The van der Waals surface area contributed by atoms with Gasteiger partial charge >= 0.3 is 0 Å². The maximum Gasteiger partial charge on any atom is 0.242 e. The number of carbonyl (C=O) groups is 1. The molecule has 1 atom stereocenters. The van der Waals surface area contributed by atoms with E-state index in [1.54, 1.807) is 6.20 Å². The molecule has 1 amide bonds. The maximum absolute atomic E-state index is 11.9. The molecule has 0 radical (unpaired) electrons. The quantitative estimate of drug-likeness (QED) is 0.838. The Morgan fingerprint density at radius 3 is 3.00 bits per heavy atom. The zero-order chi connectivity index (χ0) is 15.2. The molecule has 21 heavy (non-hydrogen) atoms. The number of hydrogen-bond acceptors (Lipinski definition) is 4. The topological polar surface area (TPSA) is 85.8 Å². The van der Waals surface area contributed by atoms with E-state index >= 15 is 0 Å². The van der Waals surface area contributed by atoms with Crippen LogP contribution in [0.5, 0.6) is 0 Å². The van der Waals surface area contributed by atoms with Gasteiger partial charge in [-0.05, 0) is 31.0 Å². The van der Waals surface area contributed by atoms with Crippen molar-refractivity contribution in [3.05, 3.63) is 46.7 Å². The predicted molar refractivity (Wildman–Crippen MR) is 80.7 cm³/mol. The molecule has 3 N–H and O–H groups in total. The van der Waals surface area contributed by atoms with Crippen LogP contribution in [0.3, 0.4) is 0 Å². The van der Waals surface area contributed by atoms with Gasteiger partial charge in [-0.1, -0.05) is 28.9 Å². The van der Waals surface area contributed by atoms with Crippen LogP contribution in [0.4, 0.5) is 0 Å². The van der Waals surface area contributed by atoms with Gasteiger partial charge in [0.1, 0.15) is 6.54 Å². The van der Waals surface area contributed by atoms with Gasteiger partial charge in [0.2, 0.25) is 5.91 Å². The first-order valence-electron chi connectivity index (χ1n) is 6.69. The molecule has 0 aliphatic carbocycles. The van der Waals surface area contributed by atoms with Gasteiger partial charge < -0.3 is 11.1 Å². The predicted octanol–water partition coefficient (Wildman–Crippen LogP) is 1.14. The minimum atomic E-state index is -0.113. The second-order valence-corrected chi connectivity index (χ2v) is 5.35. The fourth-order valence-electron chi connectivity index (χ4n) is 2.05. The molecule has 0 saturated heterocycles. The van der Waals surface area contributed by atoms with E-state index in [0.717, 1.165) is 12.0 Å². The smallest absolute Gasteiger partial charge is 0.242 e. The first-order chi connectivity index (χ1) is 10.1. The second kappa shape index (κ2) is 7.19. The number of halogens is 1. The molecule has 1 aromatic carbocycles.